The molecule has 0 bridgehead atoms. The second-order valence-electron chi connectivity index (χ2n) is 5.17. The summed E-state index contributed by atoms with van der Waals surface area (Å²) in [7, 11) is 0. The van der Waals surface area contributed by atoms with E-state index in [0.29, 0.717) is 17.8 Å². The van der Waals surface area contributed by atoms with E-state index in [1.807, 2.05) is 37.3 Å². The van der Waals surface area contributed by atoms with Crippen LogP contribution in [0.1, 0.15) is 40.2 Å². The summed E-state index contributed by atoms with van der Waals surface area (Å²) in [5, 5.41) is 12.6. The number of rotatable bonds is 6. The summed E-state index contributed by atoms with van der Waals surface area (Å²) in [6.45, 7) is 4.10. The number of aryl methyl sites for hydroxylation is 1. The van der Waals surface area contributed by atoms with E-state index in [9.17, 15) is 9.90 Å². The molecule has 0 spiro atoms. The van der Waals surface area contributed by atoms with Gasteiger partial charge in [0.1, 0.15) is 4.88 Å². The topological polar surface area (TPSA) is 62.2 Å². The van der Waals surface area contributed by atoms with Crippen molar-refractivity contribution in [3.05, 3.63) is 52.0 Å². The van der Waals surface area contributed by atoms with E-state index in [4.69, 9.17) is 0 Å². The summed E-state index contributed by atoms with van der Waals surface area (Å²) < 4.78 is 0. The van der Waals surface area contributed by atoms with Crippen LogP contribution in [-0.2, 0) is 0 Å². The zero-order valence-electron chi connectivity index (χ0n) is 12.2. The predicted octanol–water partition coefficient (Wildman–Crippen LogP) is 2.74. The van der Waals surface area contributed by atoms with Crippen molar-refractivity contribution in [1.29, 1.82) is 0 Å². The highest BCUT2D eigenvalue weighted by atomic mass is 32.1. The van der Waals surface area contributed by atoms with Crippen molar-refractivity contribution in [2.24, 2.45) is 0 Å². The van der Waals surface area contributed by atoms with Crippen LogP contribution in [0.25, 0.3) is 0 Å². The first kappa shape index (κ1) is 15.7. The van der Waals surface area contributed by atoms with Gasteiger partial charge in [-0.15, -0.1) is 11.3 Å². The van der Waals surface area contributed by atoms with Crippen LogP contribution in [0.15, 0.2) is 35.8 Å². The Morgan fingerprint density at radius 2 is 2.10 bits per heavy atom. The maximum absolute atomic E-state index is 12.1. The maximum Gasteiger partial charge on any atom is 0.263 e. The Kier molecular flexibility index (Phi) is 5.47. The molecule has 2 unspecified atom stereocenters. The highest BCUT2D eigenvalue weighted by Gasteiger charge is 2.17. The molecule has 0 saturated carbocycles. The SMILES string of the molecule is Cc1ncsc1C(=O)NCC(CC(C)O)c1ccccc1. The van der Waals surface area contributed by atoms with Crippen molar-refractivity contribution in [1.82, 2.24) is 10.3 Å². The molecule has 5 heteroatoms. The van der Waals surface area contributed by atoms with E-state index in [2.05, 4.69) is 10.3 Å². The minimum Gasteiger partial charge on any atom is -0.393 e. The zero-order chi connectivity index (χ0) is 15.2. The smallest absolute Gasteiger partial charge is 0.263 e. The number of thiazole rings is 1. The van der Waals surface area contributed by atoms with Crippen molar-refractivity contribution < 1.29 is 9.90 Å². The van der Waals surface area contributed by atoms with Crippen molar-refractivity contribution in [3.8, 4) is 0 Å². The van der Waals surface area contributed by atoms with Gasteiger partial charge in [0, 0.05) is 12.5 Å². The lowest BCUT2D eigenvalue weighted by Crippen LogP contribution is -2.29. The fourth-order valence-electron chi connectivity index (χ4n) is 2.29. The fraction of sp³-hybridized carbons (Fsp3) is 0.375. The molecule has 1 amide bonds. The number of aliphatic hydroxyl groups is 1. The number of nitrogens with zero attached hydrogens (tertiary/aromatic N) is 1. The highest BCUT2D eigenvalue weighted by molar-refractivity contribution is 7.11. The first-order valence-corrected chi connectivity index (χ1v) is 7.87. The molecule has 2 rings (SSSR count). The minimum absolute atomic E-state index is 0.0958. The molecule has 2 atom stereocenters. The molecule has 0 aliphatic carbocycles. The van der Waals surface area contributed by atoms with Gasteiger partial charge in [0.25, 0.3) is 5.91 Å². The molecule has 0 radical (unpaired) electrons. The Balaban J connectivity index is 2.03. The molecule has 2 aromatic rings. The Bertz CT molecular complexity index is 581. The van der Waals surface area contributed by atoms with Gasteiger partial charge in [-0.05, 0) is 25.8 Å². The lowest BCUT2D eigenvalue weighted by Gasteiger charge is -2.19. The number of amides is 1. The molecule has 21 heavy (non-hydrogen) atoms. The molecule has 1 aromatic heterocycles. The molecular weight excluding hydrogens is 284 g/mol. The van der Waals surface area contributed by atoms with Gasteiger partial charge in [0.05, 0.1) is 17.3 Å². The first-order chi connectivity index (χ1) is 10.1. The maximum atomic E-state index is 12.1. The Hall–Kier alpha value is -1.72. The second-order valence-corrected chi connectivity index (χ2v) is 6.02. The van der Waals surface area contributed by atoms with Crippen LogP contribution in [0.3, 0.4) is 0 Å². The van der Waals surface area contributed by atoms with Crippen LogP contribution in [0.5, 0.6) is 0 Å². The molecule has 0 saturated heterocycles. The van der Waals surface area contributed by atoms with Crippen LogP contribution in [0.2, 0.25) is 0 Å². The van der Waals surface area contributed by atoms with Crippen molar-refractivity contribution in [3.63, 3.8) is 0 Å². The Morgan fingerprint density at radius 1 is 1.38 bits per heavy atom. The Labute approximate surface area is 128 Å². The lowest BCUT2D eigenvalue weighted by atomic mass is 9.93. The quantitative estimate of drug-likeness (QED) is 0.862. The normalized spacial score (nSPS) is 13.7. The molecule has 4 nitrogen and oxygen atoms in total. The summed E-state index contributed by atoms with van der Waals surface area (Å²) in [5.74, 6) is 0.00454. The van der Waals surface area contributed by atoms with Crippen molar-refractivity contribution in [2.75, 3.05) is 6.54 Å². The lowest BCUT2D eigenvalue weighted by molar-refractivity contribution is 0.0949. The Morgan fingerprint density at radius 3 is 2.67 bits per heavy atom. The number of carbonyl (C=O) groups excluding carboxylic acids is 1. The van der Waals surface area contributed by atoms with Gasteiger partial charge in [-0.1, -0.05) is 30.3 Å². The van der Waals surface area contributed by atoms with Crippen molar-refractivity contribution >= 4 is 17.2 Å². The number of carbonyl (C=O) groups is 1. The molecule has 1 heterocycles. The average molecular weight is 304 g/mol. The van der Waals surface area contributed by atoms with Crippen molar-refractivity contribution in [2.45, 2.75) is 32.3 Å². The summed E-state index contributed by atoms with van der Waals surface area (Å²) in [6.07, 6.45) is 0.212. The number of hydrogen-bond acceptors (Lipinski definition) is 4. The zero-order valence-corrected chi connectivity index (χ0v) is 13.1. The minimum atomic E-state index is -0.405. The average Bonchev–Trinajstić information content (AvgIpc) is 2.90. The first-order valence-electron chi connectivity index (χ1n) is 6.99. The molecule has 2 N–H and O–H groups in total. The van der Waals surface area contributed by atoms with E-state index in [0.717, 1.165) is 11.3 Å². The van der Waals surface area contributed by atoms with Crippen LogP contribution in [0.4, 0.5) is 0 Å². The molecule has 0 aliphatic rings. The van der Waals surface area contributed by atoms with E-state index >= 15 is 0 Å². The molecule has 1 aromatic carbocycles. The molecular formula is C16H20N2O2S. The number of aromatic nitrogens is 1. The third kappa shape index (κ3) is 4.37. The van der Waals surface area contributed by atoms with Gasteiger partial charge < -0.3 is 10.4 Å². The third-order valence-electron chi connectivity index (χ3n) is 3.36. The van der Waals surface area contributed by atoms with E-state index in [1.165, 1.54) is 11.3 Å². The summed E-state index contributed by atoms with van der Waals surface area (Å²) >= 11 is 1.35. The standard InChI is InChI=1S/C16H20N2O2S/c1-11(19)8-14(13-6-4-3-5-7-13)9-17-16(20)15-12(2)18-10-21-15/h3-7,10-11,14,19H,8-9H2,1-2H3,(H,17,20). The number of nitrogens with one attached hydrogen (secondary N) is 1. The van der Waals surface area contributed by atoms with E-state index < -0.39 is 6.10 Å². The number of benzene rings is 1. The van der Waals surface area contributed by atoms with Crippen LogP contribution < -0.4 is 5.32 Å². The highest BCUT2D eigenvalue weighted by Crippen LogP contribution is 2.21. The summed E-state index contributed by atoms with van der Waals surface area (Å²) in [5.41, 5.74) is 3.55. The summed E-state index contributed by atoms with van der Waals surface area (Å²) in [6, 6.07) is 9.95. The van der Waals surface area contributed by atoms with E-state index in [-0.39, 0.29) is 11.8 Å². The van der Waals surface area contributed by atoms with E-state index in [1.54, 1.807) is 12.4 Å². The van der Waals surface area contributed by atoms with Gasteiger partial charge in [0.15, 0.2) is 0 Å². The van der Waals surface area contributed by atoms with Crippen LogP contribution in [-0.4, -0.2) is 28.6 Å². The van der Waals surface area contributed by atoms with Gasteiger partial charge in [-0.3, -0.25) is 4.79 Å². The second kappa shape index (κ2) is 7.33. The van der Waals surface area contributed by atoms with Gasteiger partial charge in [-0.2, -0.15) is 0 Å². The monoisotopic (exact) mass is 304 g/mol. The number of aliphatic hydroxyl groups excluding tert-OH is 1. The molecule has 0 aliphatic heterocycles. The molecule has 112 valence electrons. The number of hydrogen-bond donors (Lipinski definition) is 2. The fourth-order valence-corrected chi connectivity index (χ4v) is 3.01. The third-order valence-corrected chi connectivity index (χ3v) is 4.28. The van der Waals surface area contributed by atoms with Crippen LogP contribution in [0, 0.1) is 6.92 Å². The molecule has 0 fully saturated rings. The summed E-state index contributed by atoms with van der Waals surface area (Å²) in [4.78, 5) is 16.9. The van der Waals surface area contributed by atoms with Crippen LogP contribution >= 0.6 is 11.3 Å². The van der Waals surface area contributed by atoms with Gasteiger partial charge in [0.2, 0.25) is 0 Å². The van der Waals surface area contributed by atoms with Gasteiger partial charge in [-0.25, -0.2) is 4.98 Å². The largest absolute Gasteiger partial charge is 0.393 e. The van der Waals surface area contributed by atoms with Gasteiger partial charge >= 0.3 is 0 Å². The predicted molar refractivity (Wildman–Crippen MR) is 84.7 cm³/mol.